The molecule has 0 aromatic heterocycles. The van der Waals surface area contributed by atoms with Crippen molar-refractivity contribution in [3.05, 3.63) is 39.2 Å². The first-order valence-corrected chi connectivity index (χ1v) is 6.79. The molecule has 0 radical (unpaired) electrons. The molecule has 0 spiro atoms. The lowest BCUT2D eigenvalue weighted by Gasteiger charge is -2.22. The van der Waals surface area contributed by atoms with E-state index >= 15 is 0 Å². The monoisotopic (exact) mass is 296 g/mol. The van der Waals surface area contributed by atoms with Crippen molar-refractivity contribution < 1.29 is 18.8 Å². The molecule has 1 fully saturated rings. The normalized spacial score (nSPS) is 18.3. The zero-order chi connectivity index (χ0) is 15.4. The van der Waals surface area contributed by atoms with Gasteiger partial charge in [-0.3, -0.25) is 14.9 Å². The highest BCUT2D eigenvalue weighted by Crippen LogP contribution is 2.22. The SMILES string of the molecule is Cc1cc(F)c([N+](=O)[O-])cc1C(=O)NC[C@@H]1CCCOC1. The van der Waals surface area contributed by atoms with Gasteiger partial charge in [0.15, 0.2) is 0 Å². The molecule has 114 valence electrons. The van der Waals surface area contributed by atoms with Crippen LogP contribution >= 0.6 is 0 Å². The Balaban J connectivity index is 2.07. The number of nitrogens with one attached hydrogen (secondary N) is 1. The van der Waals surface area contributed by atoms with Gasteiger partial charge in [0, 0.05) is 24.8 Å². The molecular formula is C14H17FN2O4. The van der Waals surface area contributed by atoms with Crippen molar-refractivity contribution in [3.8, 4) is 0 Å². The van der Waals surface area contributed by atoms with Crippen molar-refractivity contribution in [3.63, 3.8) is 0 Å². The number of nitro benzene ring substituents is 1. The number of amides is 1. The number of hydrogen-bond donors (Lipinski definition) is 1. The molecule has 21 heavy (non-hydrogen) atoms. The molecule has 6 nitrogen and oxygen atoms in total. The molecular weight excluding hydrogens is 279 g/mol. The Morgan fingerprint density at radius 1 is 1.57 bits per heavy atom. The lowest BCUT2D eigenvalue weighted by molar-refractivity contribution is -0.387. The molecule has 0 bridgehead atoms. The van der Waals surface area contributed by atoms with Gasteiger partial charge in [-0.25, -0.2) is 0 Å². The molecule has 1 aromatic rings. The molecule has 1 N–H and O–H groups in total. The van der Waals surface area contributed by atoms with Crippen LogP contribution in [0.5, 0.6) is 0 Å². The fourth-order valence-corrected chi connectivity index (χ4v) is 2.35. The third-order valence-corrected chi connectivity index (χ3v) is 3.54. The lowest BCUT2D eigenvalue weighted by atomic mass is 10.0. The number of benzene rings is 1. The fraction of sp³-hybridized carbons (Fsp3) is 0.500. The summed E-state index contributed by atoms with van der Waals surface area (Å²) < 4.78 is 18.8. The van der Waals surface area contributed by atoms with E-state index in [1.807, 2.05) is 0 Å². The van der Waals surface area contributed by atoms with Gasteiger partial charge in [-0.2, -0.15) is 4.39 Å². The number of carbonyl (C=O) groups is 1. The van der Waals surface area contributed by atoms with E-state index in [2.05, 4.69) is 5.32 Å². The van der Waals surface area contributed by atoms with Crippen LogP contribution in [0.15, 0.2) is 12.1 Å². The van der Waals surface area contributed by atoms with E-state index in [9.17, 15) is 19.3 Å². The van der Waals surface area contributed by atoms with E-state index in [1.54, 1.807) is 6.92 Å². The van der Waals surface area contributed by atoms with Crippen molar-refractivity contribution in [2.24, 2.45) is 5.92 Å². The number of aryl methyl sites for hydroxylation is 1. The summed E-state index contributed by atoms with van der Waals surface area (Å²) in [6.07, 6.45) is 1.93. The van der Waals surface area contributed by atoms with Gasteiger partial charge in [0.25, 0.3) is 5.91 Å². The first-order valence-electron chi connectivity index (χ1n) is 6.79. The highest BCUT2D eigenvalue weighted by atomic mass is 19.1. The molecule has 1 heterocycles. The fourth-order valence-electron chi connectivity index (χ4n) is 2.35. The molecule has 0 saturated carbocycles. The maximum absolute atomic E-state index is 13.4. The van der Waals surface area contributed by atoms with E-state index in [1.165, 1.54) is 0 Å². The molecule has 1 aromatic carbocycles. The average Bonchev–Trinajstić information content (AvgIpc) is 2.45. The van der Waals surface area contributed by atoms with Crippen molar-refractivity contribution in [1.82, 2.24) is 5.32 Å². The second-order valence-electron chi connectivity index (χ2n) is 5.17. The Bertz CT molecular complexity index is 556. The molecule has 7 heteroatoms. The van der Waals surface area contributed by atoms with Gasteiger partial charge in [0.2, 0.25) is 5.82 Å². The van der Waals surface area contributed by atoms with E-state index in [4.69, 9.17) is 4.74 Å². The second kappa shape index (κ2) is 6.62. The van der Waals surface area contributed by atoms with Gasteiger partial charge >= 0.3 is 5.69 Å². The maximum atomic E-state index is 13.4. The maximum Gasteiger partial charge on any atom is 0.305 e. The zero-order valence-corrected chi connectivity index (χ0v) is 11.7. The van der Waals surface area contributed by atoms with Crippen LogP contribution in [0.2, 0.25) is 0 Å². The second-order valence-corrected chi connectivity index (χ2v) is 5.17. The number of rotatable bonds is 4. The largest absolute Gasteiger partial charge is 0.381 e. The van der Waals surface area contributed by atoms with Gasteiger partial charge in [-0.05, 0) is 37.3 Å². The van der Waals surface area contributed by atoms with Crippen LogP contribution in [0.4, 0.5) is 10.1 Å². The zero-order valence-electron chi connectivity index (χ0n) is 11.7. The summed E-state index contributed by atoms with van der Waals surface area (Å²) in [6, 6.07) is 1.99. The van der Waals surface area contributed by atoms with E-state index in [-0.39, 0.29) is 11.5 Å². The number of nitrogens with zero attached hydrogens (tertiary/aromatic N) is 1. The van der Waals surface area contributed by atoms with E-state index in [0.29, 0.717) is 18.7 Å². The predicted molar refractivity (Wildman–Crippen MR) is 73.7 cm³/mol. The minimum Gasteiger partial charge on any atom is -0.381 e. The van der Waals surface area contributed by atoms with Crippen LogP contribution in [0, 0.1) is 28.8 Å². The minimum absolute atomic E-state index is 0.125. The van der Waals surface area contributed by atoms with Crippen LogP contribution in [-0.2, 0) is 4.74 Å². The van der Waals surface area contributed by atoms with Crippen molar-refractivity contribution in [1.29, 1.82) is 0 Å². The van der Waals surface area contributed by atoms with Crippen LogP contribution < -0.4 is 5.32 Å². The molecule has 1 amide bonds. The molecule has 1 atom stereocenters. The Morgan fingerprint density at radius 3 is 2.95 bits per heavy atom. The number of halogens is 1. The summed E-state index contributed by atoms with van der Waals surface area (Å²) in [6.45, 7) is 3.34. The summed E-state index contributed by atoms with van der Waals surface area (Å²) in [7, 11) is 0. The summed E-state index contributed by atoms with van der Waals surface area (Å²) in [5.74, 6) is -1.12. The van der Waals surface area contributed by atoms with Crippen molar-refractivity contribution in [2.75, 3.05) is 19.8 Å². The Hall–Kier alpha value is -2.02. The smallest absolute Gasteiger partial charge is 0.305 e. The van der Waals surface area contributed by atoms with Gasteiger partial charge in [-0.15, -0.1) is 0 Å². The van der Waals surface area contributed by atoms with Crippen LogP contribution in [0.25, 0.3) is 0 Å². The first-order chi connectivity index (χ1) is 9.99. The van der Waals surface area contributed by atoms with Crippen LogP contribution in [0.3, 0.4) is 0 Å². The van der Waals surface area contributed by atoms with Crippen molar-refractivity contribution in [2.45, 2.75) is 19.8 Å². The topological polar surface area (TPSA) is 81.5 Å². The highest BCUT2D eigenvalue weighted by molar-refractivity contribution is 5.96. The molecule has 2 rings (SSSR count). The molecule has 0 unspecified atom stereocenters. The Kier molecular flexibility index (Phi) is 4.85. The highest BCUT2D eigenvalue weighted by Gasteiger charge is 2.21. The summed E-state index contributed by atoms with van der Waals surface area (Å²) in [5.41, 5.74) is -0.193. The minimum atomic E-state index is -0.935. The molecule has 1 aliphatic rings. The molecule has 1 aliphatic heterocycles. The van der Waals surface area contributed by atoms with Gasteiger partial charge < -0.3 is 10.1 Å². The summed E-state index contributed by atoms with van der Waals surface area (Å²) in [5, 5.41) is 13.5. The van der Waals surface area contributed by atoms with Crippen molar-refractivity contribution >= 4 is 11.6 Å². The lowest BCUT2D eigenvalue weighted by Crippen LogP contribution is -2.33. The third kappa shape index (κ3) is 3.75. The quantitative estimate of drug-likeness (QED) is 0.682. The summed E-state index contributed by atoms with van der Waals surface area (Å²) >= 11 is 0. The van der Waals surface area contributed by atoms with Gasteiger partial charge in [0.05, 0.1) is 11.5 Å². The average molecular weight is 296 g/mol. The standard InChI is InChI=1S/C14H17FN2O4/c1-9-5-12(15)13(17(19)20)6-11(9)14(18)16-7-10-3-2-4-21-8-10/h5-6,10H,2-4,7-8H2,1H3,(H,16,18)/t10-/m0/s1. The molecule has 1 saturated heterocycles. The van der Waals surface area contributed by atoms with E-state index < -0.39 is 22.3 Å². The Labute approximate surface area is 121 Å². The Morgan fingerprint density at radius 2 is 2.33 bits per heavy atom. The van der Waals surface area contributed by atoms with Gasteiger partial charge in [-0.1, -0.05) is 0 Å². The number of carbonyl (C=O) groups excluding carboxylic acids is 1. The van der Waals surface area contributed by atoms with Crippen LogP contribution in [0.1, 0.15) is 28.8 Å². The van der Waals surface area contributed by atoms with Crippen LogP contribution in [-0.4, -0.2) is 30.6 Å². The summed E-state index contributed by atoms with van der Waals surface area (Å²) in [4.78, 5) is 22.0. The predicted octanol–water partition coefficient (Wildman–Crippen LogP) is 2.20. The first kappa shape index (κ1) is 15.4. The number of hydrogen-bond acceptors (Lipinski definition) is 4. The third-order valence-electron chi connectivity index (χ3n) is 3.54. The number of nitro groups is 1. The molecule has 0 aliphatic carbocycles. The van der Waals surface area contributed by atoms with Gasteiger partial charge in [0.1, 0.15) is 0 Å². The number of ether oxygens (including phenoxy) is 1. The van der Waals surface area contributed by atoms with E-state index in [0.717, 1.165) is 31.6 Å².